The molecule has 3 N–H and O–H groups in total. The van der Waals surface area contributed by atoms with E-state index < -0.39 is 0 Å². The van der Waals surface area contributed by atoms with E-state index in [9.17, 15) is 14.6 Å². The number of rotatable bonds is 2. The molecular weight excluding hydrogens is 331 g/mol. The number of benzene rings is 2. The van der Waals surface area contributed by atoms with E-state index in [4.69, 9.17) is 0 Å². The van der Waals surface area contributed by atoms with Crippen molar-refractivity contribution in [3.63, 3.8) is 0 Å². The third kappa shape index (κ3) is 2.46. The zero-order chi connectivity index (χ0) is 16.7. The molecule has 8 heteroatoms. The van der Waals surface area contributed by atoms with Crippen molar-refractivity contribution in [1.82, 2.24) is 14.9 Å². The van der Waals surface area contributed by atoms with Crippen LogP contribution in [0.2, 0.25) is 0 Å². The van der Waals surface area contributed by atoms with Gasteiger partial charge in [0.1, 0.15) is 5.82 Å². The molecule has 1 aliphatic heterocycles. The van der Waals surface area contributed by atoms with Gasteiger partial charge in [-0.15, -0.1) is 10.2 Å². The molecule has 0 aliphatic carbocycles. The summed E-state index contributed by atoms with van der Waals surface area (Å²) in [6.07, 6.45) is 0. The molecule has 0 fully saturated rings. The molecule has 0 bridgehead atoms. The highest BCUT2D eigenvalue weighted by Gasteiger charge is 2.20. The Morgan fingerprint density at radius 3 is 2.67 bits per heavy atom. The summed E-state index contributed by atoms with van der Waals surface area (Å²) in [5.41, 5.74) is 5.11. The number of aromatic nitrogens is 3. The predicted molar refractivity (Wildman–Crippen MR) is 88.4 cm³/mol. The number of aromatic hydroxyl groups is 2. The van der Waals surface area contributed by atoms with E-state index >= 15 is 0 Å². The average Bonchev–Trinajstić information content (AvgIpc) is 3.00. The summed E-state index contributed by atoms with van der Waals surface area (Å²) in [5, 5.41) is 29.7. The van der Waals surface area contributed by atoms with Crippen LogP contribution in [0.5, 0.6) is 11.5 Å². The Morgan fingerprint density at radius 1 is 1.00 bits per heavy atom. The van der Waals surface area contributed by atoms with E-state index in [0.29, 0.717) is 27.8 Å². The molecular formula is C16H11FN4O2S. The van der Waals surface area contributed by atoms with Crippen LogP contribution in [0.4, 0.5) is 4.39 Å². The zero-order valence-corrected chi connectivity index (χ0v) is 13.0. The second-order valence-corrected chi connectivity index (χ2v) is 5.95. The first-order valence-corrected chi connectivity index (χ1v) is 7.87. The summed E-state index contributed by atoms with van der Waals surface area (Å²) in [5.74, 6) is -0.272. The fourth-order valence-electron chi connectivity index (χ4n) is 2.34. The molecule has 0 saturated carbocycles. The highest BCUT2D eigenvalue weighted by Crippen LogP contribution is 2.34. The Morgan fingerprint density at radius 2 is 1.88 bits per heavy atom. The third-order valence-corrected chi connectivity index (χ3v) is 4.35. The van der Waals surface area contributed by atoms with Gasteiger partial charge in [0.2, 0.25) is 5.16 Å². The number of hydrogen-bond acceptors (Lipinski definition) is 6. The van der Waals surface area contributed by atoms with Gasteiger partial charge in [-0.1, -0.05) is 23.9 Å². The van der Waals surface area contributed by atoms with E-state index in [-0.39, 0.29) is 17.3 Å². The monoisotopic (exact) mass is 342 g/mol. The minimum Gasteiger partial charge on any atom is -0.504 e. The largest absolute Gasteiger partial charge is 0.504 e. The van der Waals surface area contributed by atoms with Crippen molar-refractivity contribution >= 4 is 17.5 Å². The normalized spacial score (nSPS) is 13.1. The maximum absolute atomic E-state index is 13.5. The Labute approximate surface area is 140 Å². The molecule has 0 radical (unpaired) electrons. The highest BCUT2D eigenvalue weighted by molar-refractivity contribution is 8.02. The molecule has 0 unspecified atom stereocenters. The van der Waals surface area contributed by atoms with Gasteiger partial charge in [0.05, 0.1) is 5.70 Å². The number of phenols is 2. The second-order valence-electron chi connectivity index (χ2n) is 5.12. The number of nitrogens with one attached hydrogen (secondary N) is 1. The van der Waals surface area contributed by atoms with Gasteiger partial charge in [-0.05, 0) is 30.3 Å². The molecule has 1 aromatic heterocycles. The molecule has 120 valence electrons. The van der Waals surface area contributed by atoms with Crippen LogP contribution >= 0.6 is 11.8 Å². The third-order valence-electron chi connectivity index (χ3n) is 3.52. The molecule has 0 atom stereocenters. The summed E-state index contributed by atoms with van der Waals surface area (Å²) >= 11 is 1.35. The minimum atomic E-state index is -0.354. The molecule has 0 spiro atoms. The van der Waals surface area contributed by atoms with Gasteiger partial charge in [0.15, 0.2) is 17.3 Å². The van der Waals surface area contributed by atoms with E-state index in [1.807, 2.05) is 5.41 Å². The predicted octanol–water partition coefficient (Wildman–Crippen LogP) is 3.14. The molecule has 3 aromatic rings. The number of fused-ring (bicyclic) bond motifs is 1. The SMILES string of the molecule is Oc1ccc(C2=CSc3nnc(-c4cccc(F)c4)n3N2)cc1O. The van der Waals surface area contributed by atoms with E-state index in [0.717, 1.165) is 0 Å². The Hall–Kier alpha value is -3.00. The van der Waals surface area contributed by atoms with Crippen LogP contribution in [0.1, 0.15) is 5.56 Å². The molecule has 0 saturated heterocycles. The molecule has 2 heterocycles. The number of hydrogen-bond donors (Lipinski definition) is 3. The molecule has 6 nitrogen and oxygen atoms in total. The van der Waals surface area contributed by atoms with Gasteiger partial charge >= 0.3 is 0 Å². The van der Waals surface area contributed by atoms with Gasteiger partial charge in [0.25, 0.3) is 0 Å². The van der Waals surface area contributed by atoms with E-state index in [1.54, 1.807) is 22.9 Å². The molecule has 24 heavy (non-hydrogen) atoms. The Kier molecular flexibility index (Phi) is 3.39. The Bertz CT molecular complexity index is 970. The van der Waals surface area contributed by atoms with Gasteiger partial charge in [-0.25, -0.2) is 9.07 Å². The molecule has 1 aliphatic rings. The van der Waals surface area contributed by atoms with E-state index in [1.165, 1.54) is 36.0 Å². The van der Waals surface area contributed by atoms with Gasteiger partial charge in [-0.2, -0.15) is 0 Å². The zero-order valence-electron chi connectivity index (χ0n) is 12.1. The first kappa shape index (κ1) is 14.6. The van der Waals surface area contributed by atoms with Crippen molar-refractivity contribution in [2.75, 3.05) is 5.43 Å². The van der Waals surface area contributed by atoms with Gasteiger partial charge in [-0.3, -0.25) is 5.43 Å². The summed E-state index contributed by atoms with van der Waals surface area (Å²) in [7, 11) is 0. The lowest BCUT2D eigenvalue weighted by Gasteiger charge is -2.19. The molecule has 0 amide bonds. The van der Waals surface area contributed by atoms with Crippen LogP contribution in [0.15, 0.2) is 53.0 Å². The van der Waals surface area contributed by atoms with Crippen molar-refractivity contribution < 1.29 is 14.6 Å². The average molecular weight is 342 g/mol. The maximum Gasteiger partial charge on any atom is 0.214 e. The summed E-state index contributed by atoms with van der Waals surface area (Å²) in [6, 6.07) is 10.6. The first-order valence-electron chi connectivity index (χ1n) is 6.99. The van der Waals surface area contributed by atoms with Crippen LogP contribution in [0.25, 0.3) is 17.1 Å². The van der Waals surface area contributed by atoms with Crippen molar-refractivity contribution in [2.45, 2.75) is 5.16 Å². The fourth-order valence-corrected chi connectivity index (χ4v) is 3.08. The lowest BCUT2D eigenvalue weighted by Crippen LogP contribution is -2.18. The number of thioether (sulfide) groups is 1. The van der Waals surface area contributed by atoms with Crippen LogP contribution in [-0.2, 0) is 0 Å². The highest BCUT2D eigenvalue weighted by atomic mass is 32.2. The standard InChI is InChI=1S/C16H11FN4O2S/c17-11-3-1-2-10(6-11)15-18-19-16-21(15)20-12(8-24-16)9-4-5-13(22)14(23)7-9/h1-8,20,22-23H. The summed E-state index contributed by atoms with van der Waals surface area (Å²) in [6.45, 7) is 0. The van der Waals surface area contributed by atoms with Gasteiger partial charge in [0, 0.05) is 16.5 Å². The first-order chi connectivity index (χ1) is 11.6. The fraction of sp³-hybridized carbons (Fsp3) is 0. The molecule has 4 rings (SSSR count). The summed E-state index contributed by atoms with van der Waals surface area (Å²) in [4.78, 5) is 0. The van der Waals surface area contributed by atoms with Gasteiger partial charge < -0.3 is 10.2 Å². The number of halogens is 1. The van der Waals surface area contributed by atoms with E-state index in [2.05, 4.69) is 15.6 Å². The van der Waals surface area contributed by atoms with Crippen molar-refractivity contribution in [1.29, 1.82) is 0 Å². The van der Waals surface area contributed by atoms with Crippen LogP contribution < -0.4 is 5.43 Å². The Balaban J connectivity index is 1.72. The lowest BCUT2D eigenvalue weighted by atomic mass is 10.1. The number of nitrogens with zero attached hydrogens (tertiary/aromatic N) is 3. The smallest absolute Gasteiger partial charge is 0.214 e. The second kappa shape index (κ2) is 5.57. The minimum absolute atomic E-state index is 0.187. The summed E-state index contributed by atoms with van der Waals surface area (Å²) < 4.78 is 15.1. The van der Waals surface area contributed by atoms with Crippen molar-refractivity contribution in [3.05, 3.63) is 59.3 Å². The van der Waals surface area contributed by atoms with Crippen LogP contribution in [0, 0.1) is 5.82 Å². The maximum atomic E-state index is 13.5. The lowest BCUT2D eigenvalue weighted by molar-refractivity contribution is 0.403. The van der Waals surface area contributed by atoms with Crippen LogP contribution in [0.3, 0.4) is 0 Å². The van der Waals surface area contributed by atoms with Crippen molar-refractivity contribution in [2.24, 2.45) is 0 Å². The topological polar surface area (TPSA) is 83.2 Å². The molecule has 2 aromatic carbocycles. The van der Waals surface area contributed by atoms with Crippen LogP contribution in [-0.4, -0.2) is 25.1 Å². The number of phenolic OH excluding ortho intramolecular Hbond substituents is 2. The quantitative estimate of drug-likeness (QED) is 0.621. The van der Waals surface area contributed by atoms with Crippen molar-refractivity contribution in [3.8, 4) is 22.9 Å².